The van der Waals surface area contributed by atoms with Gasteiger partial charge in [-0.1, -0.05) is 0 Å². The molecule has 0 spiro atoms. The third kappa shape index (κ3) is 5.67. The zero-order valence-electron chi connectivity index (χ0n) is 14.5. The van der Waals surface area contributed by atoms with Gasteiger partial charge >= 0.3 is 0 Å². The first-order chi connectivity index (χ1) is 11.6. The van der Waals surface area contributed by atoms with Crippen molar-refractivity contribution >= 4 is 11.7 Å². The quantitative estimate of drug-likeness (QED) is 0.874. The van der Waals surface area contributed by atoms with E-state index in [-0.39, 0.29) is 47.1 Å². The maximum atomic E-state index is 13.2. The molecule has 0 saturated carbocycles. The number of hydrogen-bond acceptors (Lipinski definition) is 4. The number of aromatic hydroxyl groups is 1. The lowest BCUT2D eigenvalue weighted by Crippen LogP contribution is -2.40. The second kappa shape index (κ2) is 7.42. The van der Waals surface area contributed by atoms with Crippen molar-refractivity contribution < 1.29 is 19.1 Å². The van der Waals surface area contributed by atoms with Gasteiger partial charge in [0.2, 0.25) is 0 Å². The molecule has 2 N–H and O–H groups in total. The number of carbonyl (C=O) groups excluding carboxylic acids is 2. The number of pyridine rings is 1. The summed E-state index contributed by atoms with van der Waals surface area (Å²) < 4.78 is 13.2. The SMILES string of the molecule is CC(C)(C)NC(=O)c1cc(CC(=O)Cc2cc(F)ccc2O)ccn1. The first-order valence-electron chi connectivity index (χ1n) is 7.90. The highest BCUT2D eigenvalue weighted by molar-refractivity contribution is 5.93. The number of amides is 1. The second-order valence-electron chi connectivity index (χ2n) is 6.92. The van der Waals surface area contributed by atoms with E-state index in [2.05, 4.69) is 10.3 Å². The van der Waals surface area contributed by atoms with E-state index in [1.165, 1.54) is 12.3 Å². The van der Waals surface area contributed by atoms with Gasteiger partial charge in [-0.15, -0.1) is 0 Å². The molecule has 2 rings (SSSR count). The minimum absolute atomic E-state index is 0.0638. The summed E-state index contributed by atoms with van der Waals surface area (Å²) in [5, 5.41) is 12.5. The Morgan fingerprint density at radius 3 is 2.56 bits per heavy atom. The van der Waals surface area contributed by atoms with Crippen LogP contribution in [0.5, 0.6) is 5.75 Å². The number of halogens is 1. The summed E-state index contributed by atoms with van der Waals surface area (Å²) in [7, 11) is 0. The Labute approximate surface area is 145 Å². The van der Waals surface area contributed by atoms with Crippen LogP contribution in [0.15, 0.2) is 36.5 Å². The Bertz CT molecular complexity index is 797. The third-order valence-corrected chi connectivity index (χ3v) is 3.38. The molecule has 1 aromatic carbocycles. The minimum atomic E-state index is -0.509. The van der Waals surface area contributed by atoms with Gasteiger partial charge in [-0.25, -0.2) is 4.39 Å². The highest BCUT2D eigenvalue weighted by Gasteiger charge is 2.17. The standard InChI is InChI=1S/C19H21FN2O3/c1-19(2,3)22-18(25)16-9-12(6-7-21-16)8-15(23)11-13-10-14(20)4-5-17(13)24/h4-7,9-10,24H,8,11H2,1-3H3,(H,22,25). The van der Waals surface area contributed by atoms with Gasteiger partial charge in [-0.2, -0.15) is 0 Å². The number of carbonyl (C=O) groups is 2. The molecular weight excluding hydrogens is 323 g/mol. The number of benzene rings is 1. The van der Waals surface area contributed by atoms with Crippen LogP contribution in [0.2, 0.25) is 0 Å². The van der Waals surface area contributed by atoms with Crippen LogP contribution >= 0.6 is 0 Å². The normalized spacial score (nSPS) is 11.2. The van der Waals surface area contributed by atoms with Gasteiger partial charge in [0.15, 0.2) is 0 Å². The molecule has 1 aromatic heterocycles. The number of phenolic OH excluding ortho intramolecular Hbond substituents is 1. The molecule has 1 amide bonds. The maximum Gasteiger partial charge on any atom is 0.270 e. The van der Waals surface area contributed by atoms with Crippen LogP contribution in [-0.2, 0) is 17.6 Å². The van der Waals surface area contributed by atoms with Gasteiger partial charge < -0.3 is 10.4 Å². The van der Waals surface area contributed by atoms with E-state index in [1.807, 2.05) is 20.8 Å². The molecule has 0 saturated heterocycles. The van der Waals surface area contributed by atoms with E-state index in [4.69, 9.17) is 0 Å². The lowest BCUT2D eigenvalue weighted by atomic mass is 10.0. The van der Waals surface area contributed by atoms with Crippen LogP contribution in [0.3, 0.4) is 0 Å². The highest BCUT2D eigenvalue weighted by Crippen LogP contribution is 2.19. The summed E-state index contributed by atoms with van der Waals surface area (Å²) in [5.41, 5.74) is 0.716. The fraction of sp³-hybridized carbons (Fsp3) is 0.316. The molecular formula is C19H21FN2O3. The summed E-state index contributed by atoms with van der Waals surface area (Å²) in [6, 6.07) is 6.70. The number of aromatic nitrogens is 1. The molecule has 0 aliphatic carbocycles. The van der Waals surface area contributed by atoms with E-state index >= 15 is 0 Å². The largest absolute Gasteiger partial charge is 0.508 e. The molecule has 0 bridgehead atoms. The van der Waals surface area contributed by atoms with Crippen molar-refractivity contribution in [2.75, 3.05) is 0 Å². The first kappa shape index (κ1) is 18.6. The zero-order valence-corrected chi connectivity index (χ0v) is 14.5. The monoisotopic (exact) mass is 344 g/mol. The fourth-order valence-corrected chi connectivity index (χ4v) is 2.31. The van der Waals surface area contributed by atoms with Crippen LogP contribution < -0.4 is 5.32 Å². The van der Waals surface area contributed by atoms with Crippen LogP contribution in [0.4, 0.5) is 4.39 Å². The fourth-order valence-electron chi connectivity index (χ4n) is 2.31. The average Bonchev–Trinajstić information content (AvgIpc) is 2.49. The lowest BCUT2D eigenvalue weighted by Gasteiger charge is -2.20. The first-order valence-corrected chi connectivity index (χ1v) is 7.90. The van der Waals surface area contributed by atoms with E-state index in [0.717, 1.165) is 12.1 Å². The van der Waals surface area contributed by atoms with Crippen molar-refractivity contribution in [1.82, 2.24) is 10.3 Å². The zero-order chi connectivity index (χ0) is 18.6. The number of Topliss-reactive ketones (excluding diaryl/α,β-unsaturated/α-hetero) is 1. The van der Waals surface area contributed by atoms with E-state index < -0.39 is 5.82 Å². The minimum Gasteiger partial charge on any atom is -0.508 e. The van der Waals surface area contributed by atoms with Crippen LogP contribution in [-0.4, -0.2) is 27.3 Å². The summed E-state index contributed by atoms with van der Waals surface area (Å²) >= 11 is 0. The van der Waals surface area contributed by atoms with Gasteiger partial charge in [0.1, 0.15) is 23.0 Å². The topological polar surface area (TPSA) is 79.3 Å². The van der Waals surface area contributed by atoms with Crippen LogP contribution in [0.1, 0.15) is 42.4 Å². The summed E-state index contributed by atoms with van der Waals surface area (Å²) in [6.45, 7) is 5.59. The van der Waals surface area contributed by atoms with Crippen molar-refractivity contribution in [1.29, 1.82) is 0 Å². The van der Waals surface area contributed by atoms with Crippen molar-refractivity contribution in [3.63, 3.8) is 0 Å². The molecule has 0 radical (unpaired) electrons. The number of phenols is 1. The molecule has 5 nitrogen and oxygen atoms in total. The van der Waals surface area contributed by atoms with Gasteiger partial charge in [0, 0.05) is 30.1 Å². The molecule has 2 aromatic rings. The molecule has 0 atom stereocenters. The summed E-state index contributed by atoms with van der Waals surface area (Å²) in [6.07, 6.45) is 1.45. The smallest absolute Gasteiger partial charge is 0.270 e. The van der Waals surface area contributed by atoms with Gasteiger partial charge in [-0.3, -0.25) is 14.6 Å². The van der Waals surface area contributed by atoms with Gasteiger partial charge in [-0.05, 0) is 56.7 Å². The predicted molar refractivity (Wildman–Crippen MR) is 91.9 cm³/mol. The maximum absolute atomic E-state index is 13.2. The molecule has 0 aliphatic heterocycles. The molecule has 0 aliphatic rings. The second-order valence-corrected chi connectivity index (χ2v) is 6.92. The Balaban J connectivity index is 2.07. The Hall–Kier alpha value is -2.76. The van der Waals surface area contributed by atoms with Crippen molar-refractivity contribution in [2.45, 2.75) is 39.2 Å². The summed E-state index contributed by atoms with van der Waals surface area (Å²) in [5.74, 6) is -1.14. The number of nitrogens with one attached hydrogen (secondary N) is 1. The number of ketones is 1. The Morgan fingerprint density at radius 2 is 1.88 bits per heavy atom. The van der Waals surface area contributed by atoms with E-state index in [9.17, 15) is 19.1 Å². The predicted octanol–water partition coefficient (Wildman–Crippen LogP) is 2.81. The number of rotatable bonds is 5. The molecule has 6 heteroatoms. The average molecular weight is 344 g/mol. The van der Waals surface area contributed by atoms with Gasteiger partial charge in [0.25, 0.3) is 5.91 Å². The van der Waals surface area contributed by atoms with Gasteiger partial charge in [0.05, 0.1) is 0 Å². The van der Waals surface area contributed by atoms with Crippen LogP contribution in [0.25, 0.3) is 0 Å². The Morgan fingerprint density at radius 1 is 1.16 bits per heavy atom. The van der Waals surface area contributed by atoms with Crippen molar-refractivity contribution in [2.24, 2.45) is 0 Å². The number of nitrogens with zero attached hydrogens (tertiary/aromatic N) is 1. The van der Waals surface area contributed by atoms with Crippen molar-refractivity contribution in [3.05, 3.63) is 59.2 Å². The van der Waals surface area contributed by atoms with E-state index in [0.29, 0.717) is 5.56 Å². The molecule has 0 fully saturated rings. The Kier molecular flexibility index (Phi) is 5.51. The molecule has 0 unspecified atom stereocenters. The van der Waals surface area contributed by atoms with E-state index in [1.54, 1.807) is 12.1 Å². The third-order valence-electron chi connectivity index (χ3n) is 3.38. The molecule has 132 valence electrons. The van der Waals surface area contributed by atoms with Crippen molar-refractivity contribution in [3.8, 4) is 5.75 Å². The lowest BCUT2D eigenvalue weighted by molar-refractivity contribution is -0.117. The molecule has 25 heavy (non-hydrogen) atoms. The summed E-state index contributed by atoms with van der Waals surface area (Å²) in [4.78, 5) is 28.4. The van der Waals surface area contributed by atoms with Crippen LogP contribution in [0, 0.1) is 5.82 Å². The highest BCUT2D eigenvalue weighted by atomic mass is 19.1. The molecule has 1 heterocycles. The number of hydrogen-bond donors (Lipinski definition) is 2.